The molecule has 2 amide bonds. The molecule has 1 aromatic carbocycles. The molecule has 0 saturated heterocycles. The number of hydrogen-bond acceptors (Lipinski definition) is 7. The van der Waals surface area contributed by atoms with Crippen molar-refractivity contribution in [2.45, 2.75) is 70.9 Å². The van der Waals surface area contributed by atoms with Gasteiger partial charge in [0.1, 0.15) is 0 Å². The second-order valence-electron chi connectivity index (χ2n) is 11.3. The van der Waals surface area contributed by atoms with Gasteiger partial charge in [-0.25, -0.2) is 9.67 Å². The zero-order chi connectivity index (χ0) is 29.2. The van der Waals surface area contributed by atoms with E-state index in [1.54, 1.807) is 6.20 Å². The van der Waals surface area contributed by atoms with Crippen molar-refractivity contribution in [3.63, 3.8) is 0 Å². The maximum atomic E-state index is 13.2. The average Bonchev–Trinajstić information content (AvgIpc) is 3.59. The summed E-state index contributed by atoms with van der Waals surface area (Å²) in [6.07, 6.45) is 10.6. The molecule has 0 spiro atoms. The Morgan fingerprint density at radius 3 is 2.57 bits per heavy atom. The maximum Gasteiger partial charge on any atom is 0.251 e. The number of benzene rings is 1. The molecule has 218 valence electrons. The first-order chi connectivity index (χ1) is 20.4. The van der Waals surface area contributed by atoms with Gasteiger partial charge in [0, 0.05) is 48.1 Å². The summed E-state index contributed by atoms with van der Waals surface area (Å²) in [5.41, 5.74) is 6.42. The highest BCUT2D eigenvalue weighted by molar-refractivity contribution is 7.19. The van der Waals surface area contributed by atoms with Crippen LogP contribution in [0.15, 0.2) is 48.8 Å². The lowest BCUT2D eigenvalue weighted by molar-refractivity contribution is -0.114. The van der Waals surface area contributed by atoms with E-state index in [-0.39, 0.29) is 17.9 Å². The quantitative estimate of drug-likeness (QED) is 0.284. The highest BCUT2D eigenvalue weighted by Crippen LogP contribution is 2.44. The van der Waals surface area contributed by atoms with Gasteiger partial charge in [0.25, 0.3) is 5.91 Å². The normalized spacial score (nSPS) is 17.9. The predicted octanol–water partition coefficient (Wildman–Crippen LogP) is 5.50. The summed E-state index contributed by atoms with van der Waals surface area (Å²) in [6, 6.07) is 12.4. The SMILES string of the molecule is CCCN(C)[C@H]1CC[C@@H](NC(=O)c2ccc(-n3nc(-c4cccnc4)c4c3-c3sc(NC(C)=O)nc3CC4)cc2)CC1. The molecule has 9 nitrogen and oxygen atoms in total. The predicted molar refractivity (Wildman–Crippen MR) is 166 cm³/mol. The van der Waals surface area contributed by atoms with Crippen LogP contribution in [0.3, 0.4) is 0 Å². The fourth-order valence-corrected chi connectivity index (χ4v) is 7.33. The van der Waals surface area contributed by atoms with Crippen molar-refractivity contribution in [1.82, 2.24) is 30.0 Å². The van der Waals surface area contributed by atoms with Crippen molar-refractivity contribution in [2.24, 2.45) is 0 Å². The topological polar surface area (TPSA) is 105 Å². The third-order valence-electron chi connectivity index (χ3n) is 8.33. The highest BCUT2D eigenvalue weighted by Gasteiger charge is 2.30. The molecule has 1 saturated carbocycles. The first-order valence-corrected chi connectivity index (χ1v) is 15.6. The van der Waals surface area contributed by atoms with Gasteiger partial charge in [-0.3, -0.25) is 14.6 Å². The number of aryl methyl sites for hydroxylation is 1. The summed E-state index contributed by atoms with van der Waals surface area (Å²) in [5.74, 6) is -0.174. The van der Waals surface area contributed by atoms with Crippen molar-refractivity contribution >= 4 is 28.3 Å². The van der Waals surface area contributed by atoms with Crippen molar-refractivity contribution in [3.05, 3.63) is 65.6 Å². The number of pyridine rings is 1. The van der Waals surface area contributed by atoms with Gasteiger partial charge in [0.2, 0.25) is 5.91 Å². The third kappa shape index (κ3) is 5.73. The molecule has 10 heteroatoms. The van der Waals surface area contributed by atoms with Crippen LogP contribution in [-0.4, -0.2) is 62.1 Å². The molecule has 3 heterocycles. The van der Waals surface area contributed by atoms with E-state index in [2.05, 4.69) is 34.5 Å². The van der Waals surface area contributed by atoms with Crippen LogP contribution in [-0.2, 0) is 17.6 Å². The summed E-state index contributed by atoms with van der Waals surface area (Å²) in [5, 5.41) is 11.8. The smallest absolute Gasteiger partial charge is 0.251 e. The van der Waals surface area contributed by atoms with E-state index in [9.17, 15) is 9.59 Å². The second-order valence-corrected chi connectivity index (χ2v) is 12.3. The minimum atomic E-state index is -0.142. The molecule has 4 aromatic rings. The first-order valence-electron chi connectivity index (χ1n) is 14.8. The summed E-state index contributed by atoms with van der Waals surface area (Å²) >= 11 is 1.47. The van der Waals surface area contributed by atoms with Crippen LogP contribution in [0.2, 0.25) is 0 Å². The molecule has 6 rings (SSSR count). The Hall–Kier alpha value is -3.89. The molecule has 0 atom stereocenters. The van der Waals surface area contributed by atoms with E-state index in [4.69, 9.17) is 10.1 Å². The number of amides is 2. The van der Waals surface area contributed by atoms with Gasteiger partial charge in [0.15, 0.2) is 5.13 Å². The lowest BCUT2D eigenvalue weighted by Gasteiger charge is -2.34. The Morgan fingerprint density at radius 2 is 1.88 bits per heavy atom. The van der Waals surface area contributed by atoms with Gasteiger partial charge in [-0.2, -0.15) is 5.10 Å². The standard InChI is InChI=1S/C32H37N7O2S/c1-4-18-38(3)24-13-9-23(10-14-24)35-31(41)21-7-11-25(12-8-21)39-29-26(28(37-39)22-6-5-17-33-19-22)15-16-27-30(29)42-32(36-27)34-20(2)40/h5-8,11-12,17,19,23-24H,4,9-10,13-16,18H2,1-3H3,(H,35,41)(H,34,36,40)/t23-,24+. The van der Waals surface area contributed by atoms with Crippen LogP contribution in [0.4, 0.5) is 5.13 Å². The van der Waals surface area contributed by atoms with Crippen LogP contribution in [0, 0.1) is 0 Å². The number of carbonyl (C=O) groups is 2. The van der Waals surface area contributed by atoms with Gasteiger partial charge in [-0.1, -0.05) is 18.3 Å². The fraction of sp³-hybridized carbons (Fsp3) is 0.406. The summed E-state index contributed by atoms with van der Waals surface area (Å²) in [4.78, 5) is 37.4. The Kier molecular flexibility index (Phi) is 8.17. The molecule has 2 N–H and O–H groups in total. The van der Waals surface area contributed by atoms with E-state index in [1.165, 1.54) is 24.7 Å². The third-order valence-corrected chi connectivity index (χ3v) is 9.35. The van der Waals surface area contributed by atoms with Crippen molar-refractivity contribution in [2.75, 3.05) is 18.9 Å². The van der Waals surface area contributed by atoms with Gasteiger partial charge < -0.3 is 15.5 Å². The molecule has 0 bridgehead atoms. The number of nitrogens with zero attached hydrogens (tertiary/aromatic N) is 5. The molecule has 3 aromatic heterocycles. The van der Waals surface area contributed by atoms with Crippen LogP contribution >= 0.6 is 11.3 Å². The Bertz CT molecular complexity index is 1570. The van der Waals surface area contributed by atoms with Crippen LogP contribution < -0.4 is 10.6 Å². The highest BCUT2D eigenvalue weighted by atomic mass is 32.1. The van der Waals surface area contributed by atoms with Crippen LogP contribution in [0.25, 0.3) is 27.5 Å². The number of carbonyl (C=O) groups excluding carboxylic acids is 2. The fourth-order valence-electron chi connectivity index (χ4n) is 6.21. The Labute approximate surface area is 250 Å². The minimum absolute atomic E-state index is 0.0323. The Balaban J connectivity index is 1.25. The monoisotopic (exact) mass is 583 g/mol. The van der Waals surface area contributed by atoms with E-state index in [0.29, 0.717) is 16.7 Å². The first kappa shape index (κ1) is 28.2. The second kappa shape index (κ2) is 12.1. The number of fused-ring (bicyclic) bond motifs is 3. The lowest BCUT2D eigenvalue weighted by atomic mass is 9.90. The van der Waals surface area contributed by atoms with Crippen LogP contribution in [0.1, 0.15) is 67.6 Å². The van der Waals surface area contributed by atoms with Gasteiger partial charge >= 0.3 is 0 Å². The molecule has 0 unspecified atom stereocenters. The molecule has 42 heavy (non-hydrogen) atoms. The molecular weight excluding hydrogens is 546 g/mol. The molecular formula is C32H37N7O2S. The van der Waals surface area contributed by atoms with E-state index in [0.717, 1.165) is 83.8 Å². The number of nitrogens with one attached hydrogen (secondary N) is 2. The zero-order valence-electron chi connectivity index (χ0n) is 24.4. The summed E-state index contributed by atoms with van der Waals surface area (Å²) in [6.45, 7) is 4.83. The van der Waals surface area contributed by atoms with Gasteiger partial charge in [-0.15, -0.1) is 0 Å². The lowest BCUT2D eigenvalue weighted by Crippen LogP contribution is -2.43. The maximum absolute atomic E-state index is 13.2. The van der Waals surface area contributed by atoms with Gasteiger partial charge in [-0.05, 0) is 94.9 Å². The number of thiazole rings is 1. The zero-order valence-corrected chi connectivity index (χ0v) is 25.2. The van der Waals surface area contributed by atoms with Crippen molar-refractivity contribution in [3.8, 4) is 27.5 Å². The Morgan fingerprint density at radius 1 is 1.10 bits per heavy atom. The van der Waals surface area contributed by atoms with Gasteiger partial charge in [0.05, 0.1) is 27.6 Å². The van der Waals surface area contributed by atoms with E-state index >= 15 is 0 Å². The summed E-state index contributed by atoms with van der Waals surface area (Å²) < 4.78 is 1.95. The number of hydrogen-bond donors (Lipinski definition) is 2. The number of aromatic nitrogens is 4. The molecule has 0 aliphatic heterocycles. The van der Waals surface area contributed by atoms with Crippen molar-refractivity contribution < 1.29 is 9.59 Å². The molecule has 1 fully saturated rings. The number of anilines is 1. The largest absolute Gasteiger partial charge is 0.349 e. The average molecular weight is 584 g/mol. The summed E-state index contributed by atoms with van der Waals surface area (Å²) in [7, 11) is 2.21. The van der Waals surface area contributed by atoms with E-state index in [1.807, 2.05) is 47.3 Å². The molecule has 2 aliphatic rings. The molecule has 2 aliphatic carbocycles. The van der Waals surface area contributed by atoms with Crippen LogP contribution in [0.5, 0.6) is 0 Å². The number of rotatable bonds is 8. The van der Waals surface area contributed by atoms with Crippen molar-refractivity contribution in [1.29, 1.82) is 0 Å². The molecule has 0 radical (unpaired) electrons. The minimum Gasteiger partial charge on any atom is -0.349 e. The van der Waals surface area contributed by atoms with E-state index < -0.39 is 0 Å².